The molecule has 194 valence electrons. The Bertz CT molecular complexity index is 1080. The van der Waals surface area contributed by atoms with Crippen molar-refractivity contribution in [3.05, 3.63) is 41.4 Å². The molecule has 3 aliphatic heterocycles. The van der Waals surface area contributed by atoms with Gasteiger partial charge >= 0.3 is 0 Å². The molecule has 5 rings (SSSR count). The Kier molecular flexibility index (Phi) is 6.66. The fraction of sp³-hybridized carbons (Fsp3) is 0.607. The lowest BCUT2D eigenvalue weighted by atomic mass is 9.73. The van der Waals surface area contributed by atoms with Crippen molar-refractivity contribution < 1.29 is 19.1 Å². The highest BCUT2D eigenvalue weighted by atomic mass is 35.5. The first kappa shape index (κ1) is 25.3. The van der Waals surface area contributed by atoms with Crippen LogP contribution in [0.15, 0.2) is 36.4 Å². The van der Waals surface area contributed by atoms with Gasteiger partial charge in [-0.1, -0.05) is 57.4 Å². The summed E-state index contributed by atoms with van der Waals surface area (Å²) >= 11 is 5.98. The molecule has 4 aliphatic rings. The number of amides is 3. The zero-order chi connectivity index (χ0) is 25.8. The van der Waals surface area contributed by atoms with Crippen LogP contribution in [0.4, 0.5) is 5.69 Å². The SMILES string of the molecule is CCC(C)N1C(=O)C2C(C(=O)Nc3ccc(Cl)cc3)C3C=CC2(O3)C1C(=O)NC1CCCC(C)C1C. The number of nitrogens with zero attached hydrogens (tertiary/aromatic N) is 1. The summed E-state index contributed by atoms with van der Waals surface area (Å²) in [5, 5.41) is 6.78. The minimum atomic E-state index is -1.14. The van der Waals surface area contributed by atoms with Gasteiger partial charge in [0.25, 0.3) is 0 Å². The second kappa shape index (κ2) is 9.49. The first-order chi connectivity index (χ1) is 17.2. The van der Waals surface area contributed by atoms with Crippen LogP contribution in [0.3, 0.4) is 0 Å². The van der Waals surface area contributed by atoms with Gasteiger partial charge in [0, 0.05) is 22.8 Å². The minimum Gasteiger partial charge on any atom is -0.359 e. The molecule has 1 spiro atoms. The van der Waals surface area contributed by atoms with Gasteiger partial charge in [0.1, 0.15) is 11.6 Å². The number of hydrogen-bond donors (Lipinski definition) is 2. The minimum absolute atomic E-state index is 0.0668. The Labute approximate surface area is 218 Å². The van der Waals surface area contributed by atoms with Crippen molar-refractivity contribution in [3.63, 3.8) is 0 Å². The van der Waals surface area contributed by atoms with Crippen LogP contribution in [-0.4, -0.2) is 52.5 Å². The second-order valence-electron chi connectivity index (χ2n) is 11.1. The highest BCUT2D eigenvalue weighted by Gasteiger charge is 2.73. The third-order valence-electron chi connectivity index (χ3n) is 9.07. The van der Waals surface area contributed by atoms with Crippen LogP contribution in [0, 0.1) is 23.7 Å². The molecule has 2 N–H and O–H groups in total. The highest BCUT2D eigenvalue weighted by Crippen LogP contribution is 2.56. The maximum atomic E-state index is 13.9. The van der Waals surface area contributed by atoms with E-state index in [9.17, 15) is 14.4 Å². The summed E-state index contributed by atoms with van der Waals surface area (Å²) in [5.41, 5.74) is -0.537. The number of likely N-dealkylation sites (tertiary alicyclic amines) is 1. The van der Waals surface area contributed by atoms with E-state index in [1.165, 1.54) is 6.42 Å². The van der Waals surface area contributed by atoms with E-state index in [2.05, 4.69) is 24.5 Å². The van der Waals surface area contributed by atoms with Crippen molar-refractivity contribution in [3.8, 4) is 0 Å². The van der Waals surface area contributed by atoms with Crippen molar-refractivity contribution >= 4 is 35.0 Å². The lowest BCUT2D eigenvalue weighted by Crippen LogP contribution is -2.59. The highest BCUT2D eigenvalue weighted by molar-refractivity contribution is 6.30. The zero-order valence-electron chi connectivity index (χ0n) is 21.4. The molecule has 1 aromatic carbocycles. The molecule has 0 aromatic heterocycles. The predicted molar refractivity (Wildman–Crippen MR) is 138 cm³/mol. The lowest BCUT2D eigenvalue weighted by molar-refractivity contribution is -0.144. The van der Waals surface area contributed by atoms with Gasteiger partial charge in [-0.15, -0.1) is 0 Å². The van der Waals surface area contributed by atoms with E-state index in [-0.39, 0.29) is 29.8 Å². The van der Waals surface area contributed by atoms with Crippen molar-refractivity contribution in [2.75, 3.05) is 5.32 Å². The molecule has 36 heavy (non-hydrogen) atoms. The van der Waals surface area contributed by atoms with Crippen molar-refractivity contribution in [1.82, 2.24) is 10.2 Å². The third-order valence-corrected chi connectivity index (χ3v) is 9.33. The van der Waals surface area contributed by atoms with Crippen LogP contribution in [0.2, 0.25) is 5.02 Å². The molecule has 0 radical (unpaired) electrons. The van der Waals surface area contributed by atoms with E-state index in [4.69, 9.17) is 16.3 Å². The first-order valence-corrected chi connectivity index (χ1v) is 13.6. The number of carbonyl (C=O) groups is 3. The number of nitrogens with one attached hydrogen (secondary N) is 2. The number of anilines is 1. The maximum absolute atomic E-state index is 13.9. The second-order valence-corrected chi connectivity index (χ2v) is 11.5. The fourth-order valence-electron chi connectivity index (χ4n) is 6.68. The summed E-state index contributed by atoms with van der Waals surface area (Å²) in [4.78, 5) is 43.0. The quantitative estimate of drug-likeness (QED) is 0.559. The monoisotopic (exact) mass is 513 g/mol. The number of carbonyl (C=O) groups excluding carboxylic acids is 3. The average molecular weight is 514 g/mol. The van der Waals surface area contributed by atoms with Gasteiger partial charge < -0.3 is 20.3 Å². The normalized spacial score (nSPS) is 37.6. The largest absolute Gasteiger partial charge is 0.359 e. The number of hydrogen-bond acceptors (Lipinski definition) is 4. The van der Waals surface area contributed by atoms with Crippen LogP contribution in [0.25, 0.3) is 0 Å². The van der Waals surface area contributed by atoms with Gasteiger partial charge in [0.15, 0.2) is 0 Å². The summed E-state index contributed by atoms with van der Waals surface area (Å²) in [6.45, 7) is 8.38. The molecule has 1 aromatic rings. The summed E-state index contributed by atoms with van der Waals surface area (Å²) in [6, 6.07) is 5.96. The number of benzene rings is 1. The third kappa shape index (κ3) is 3.95. The van der Waals surface area contributed by atoms with Crippen LogP contribution in [0.1, 0.15) is 53.4 Å². The molecule has 2 bridgehead atoms. The standard InChI is InChI=1S/C28H36ClN3O4/c1-5-16(3)32-24(26(34)31-20-8-6-7-15(2)17(20)4)28-14-13-21(36-28)22(23(28)27(32)35)25(33)30-19-11-9-18(29)10-12-19/h9-17,20-24H,5-8H2,1-4H3,(H,30,33)(H,31,34). The van der Waals surface area contributed by atoms with Crippen LogP contribution >= 0.6 is 11.6 Å². The number of halogens is 1. The van der Waals surface area contributed by atoms with E-state index in [0.717, 1.165) is 12.8 Å². The Hall–Kier alpha value is -2.38. The fourth-order valence-corrected chi connectivity index (χ4v) is 6.81. The van der Waals surface area contributed by atoms with Gasteiger partial charge in [-0.05, 0) is 55.9 Å². The molecular weight excluding hydrogens is 478 g/mol. The molecule has 1 aliphatic carbocycles. The Morgan fingerprint density at radius 1 is 1.19 bits per heavy atom. The van der Waals surface area contributed by atoms with E-state index < -0.39 is 29.6 Å². The summed E-state index contributed by atoms with van der Waals surface area (Å²) in [6.07, 6.45) is 7.04. The molecular formula is C28H36ClN3O4. The van der Waals surface area contributed by atoms with E-state index >= 15 is 0 Å². The van der Waals surface area contributed by atoms with Gasteiger partial charge in [0.2, 0.25) is 17.7 Å². The van der Waals surface area contributed by atoms with Crippen LogP contribution in [0.5, 0.6) is 0 Å². The van der Waals surface area contributed by atoms with Crippen molar-refractivity contribution in [2.24, 2.45) is 23.7 Å². The van der Waals surface area contributed by atoms with Crippen LogP contribution in [-0.2, 0) is 19.1 Å². The van der Waals surface area contributed by atoms with Gasteiger partial charge in [-0.3, -0.25) is 14.4 Å². The van der Waals surface area contributed by atoms with E-state index in [0.29, 0.717) is 29.0 Å². The number of ether oxygens (including phenoxy) is 1. The molecule has 3 fully saturated rings. The summed E-state index contributed by atoms with van der Waals surface area (Å²) < 4.78 is 6.42. The Balaban J connectivity index is 1.44. The van der Waals surface area contributed by atoms with E-state index in [1.807, 2.05) is 26.0 Å². The van der Waals surface area contributed by atoms with Gasteiger partial charge in [-0.25, -0.2) is 0 Å². The van der Waals surface area contributed by atoms with Crippen molar-refractivity contribution in [1.29, 1.82) is 0 Å². The first-order valence-electron chi connectivity index (χ1n) is 13.2. The van der Waals surface area contributed by atoms with Gasteiger partial charge in [0.05, 0.1) is 17.9 Å². The smallest absolute Gasteiger partial charge is 0.246 e. The van der Waals surface area contributed by atoms with Gasteiger partial charge in [-0.2, -0.15) is 0 Å². The van der Waals surface area contributed by atoms with E-state index in [1.54, 1.807) is 29.2 Å². The summed E-state index contributed by atoms with van der Waals surface area (Å²) in [7, 11) is 0. The molecule has 7 nitrogen and oxygen atoms in total. The average Bonchev–Trinajstić information content (AvgIpc) is 3.50. The Morgan fingerprint density at radius 2 is 1.92 bits per heavy atom. The molecule has 2 saturated heterocycles. The lowest BCUT2D eigenvalue weighted by Gasteiger charge is -2.39. The Morgan fingerprint density at radius 3 is 2.61 bits per heavy atom. The van der Waals surface area contributed by atoms with Crippen molar-refractivity contribution in [2.45, 2.75) is 83.2 Å². The predicted octanol–water partition coefficient (Wildman–Crippen LogP) is 4.17. The molecule has 9 atom stereocenters. The molecule has 1 saturated carbocycles. The topological polar surface area (TPSA) is 87.7 Å². The molecule has 3 amide bonds. The summed E-state index contributed by atoms with van der Waals surface area (Å²) in [5.74, 6) is -1.21. The molecule has 8 heteroatoms. The maximum Gasteiger partial charge on any atom is 0.246 e. The van der Waals surface area contributed by atoms with Crippen LogP contribution < -0.4 is 10.6 Å². The molecule has 3 heterocycles. The molecule has 9 unspecified atom stereocenters. The zero-order valence-corrected chi connectivity index (χ0v) is 22.1. The number of fused-ring (bicyclic) bond motifs is 1. The number of rotatable bonds is 6.